The minimum Gasteiger partial charge on any atom is -0.476 e. The van der Waals surface area contributed by atoms with Crippen molar-refractivity contribution in [2.45, 2.75) is 25.7 Å². The third-order valence-electron chi connectivity index (χ3n) is 3.30. The minimum absolute atomic E-state index is 0.202. The molecule has 2 aromatic heterocycles. The highest BCUT2D eigenvalue weighted by Gasteiger charge is 2.17. The van der Waals surface area contributed by atoms with Gasteiger partial charge in [0.1, 0.15) is 5.65 Å². The normalized spacial score (nSPS) is 10.9. The van der Waals surface area contributed by atoms with Gasteiger partial charge in [0, 0.05) is 12.7 Å². The SMILES string of the molecule is CSCCCCCCNc1nc2ccccn2c1C(=O)O. The molecule has 0 saturated carbocycles. The number of thioether (sulfide) groups is 1. The molecule has 2 rings (SSSR count). The van der Waals surface area contributed by atoms with Gasteiger partial charge in [-0.2, -0.15) is 11.8 Å². The number of nitrogens with zero attached hydrogens (tertiary/aromatic N) is 2. The Balaban J connectivity index is 1.92. The lowest BCUT2D eigenvalue weighted by atomic mass is 10.2. The minimum atomic E-state index is -0.962. The number of aromatic nitrogens is 2. The Labute approximate surface area is 128 Å². The molecule has 0 spiro atoms. The van der Waals surface area contributed by atoms with E-state index in [1.165, 1.54) is 18.6 Å². The Bertz CT molecular complexity index is 598. The third kappa shape index (κ3) is 4.14. The van der Waals surface area contributed by atoms with Crippen molar-refractivity contribution >= 4 is 29.2 Å². The van der Waals surface area contributed by atoms with Gasteiger partial charge in [-0.05, 0) is 37.0 Å². The maximum absolute atomic E-state index is 11.4. The first-order valence-corrected chi connectivity index (χ1v) is 8.56. The van der Waals surface area contributed by atoms with Crippen molar-refractivity contribution in [3.05, 3.63) is 30.1 Å². The second-order valence-corrected chi connectivity index (χ2v) is 5.86. The van der Waals surface area contributed by atoms with Crippen molar-refractivity contribution < 1.29 is 9.90 Å². The van der Waals surface area contributed by atoms with Crippen LogP contribution in [0.4, 0.5) is 5.82 Å². The van der Waals surface area contributed by atoms with Crippen LogP contribution in [-0.4, -0.2) is 39.0 Å². The lowest BCUT2D eigenvalue weighted by Crippen LogP contribution is -2.09. The molecule has 0 aliphatic carbocycles. The Morgan fingerprint density at radius 3 is 2.90 bits per heavy atom. The molecule has 0 aromatic carbocycles. The molecule has 5 nitrogen and oxygen atoms in total. The molecule has 114 valence electrons. The highest BCUT2D eigenvalue weighted by Crippen LogP contribution is 2.17. The van der Waals surface area contributed by atoms with E-state index in [4.69, 9.17) is 0 Å². The quantitative estimate of drug-likeness (QED) is 0.695. The fourth-order valence-corrected chi connectivity index (χ4v) is 2.75. The number of rotatable bonds is 9. The fourth-order valence-electron chi connectivity index (χ4n) is 2.26. The average molecular weight is 307 g/mol. The number of aromatic carboxylic acids is 1. The van der Waals surface area contributed by atoms with Crippen LogP contribution in [0.15, 0.2) is 24.4 Å². The number of hydrogen-bond acceptors (Lipinski definition) is 4. The summed E-state index contributed by atoms with van der Waals surface area (Å²) in [7, 11) is 0. The van der Waals surface area contributed by atoms with Gasteiger partial charge in [0.15, 0.2) is 11.5 Å². The monoisotopic (exact) mass is 307 g/mol. The van der Waals surface area contributed by atoms with Gasteiger partial charge in [-0.25, -0.2) is 9.78 Å². The van der Waals surface area contributed by atoms with Crippen molar-refractivity contribution in [2.24, 2.45) is 0 Å². The number of carboxylic acids is 1. The number of pyridine rings is 1. The summed E-state index contributed by atoms with van der Waals surface area (Å²) in [4.78, 5) is 15.7. The van der Waals surface area contributed by atoms with Crippen molar-refractivity contribution in [1.29, 1.82) is 0 Å². The molecule has 0 atom stereocenters. The van der Waals surface area contributed by atoms with E-state index in [1.807, 2.05) is 17.8 Å². The number of carbonyl (C=O) groups is 1. The molecule has 0 aliphatic rings. The summed E-state index contributed by atoms with van der Waals surface area (Å²) in [5.74, 6) is 0.706. The molecular formula is C15H21N3O2S. The van der Waals surface area contributed by atoms with E-state index in [0.29, 0.717) is 11.5 Å². The zero-order valence-electron chi connectivity index (χ0n) is 12.2. The predicted molar refractivity (Wildman–Crippen MR) is 87.5 cm³/mol. The number of unbranched alkanes of at least 4 members (excludes halogenated alkanes) is 3. The van der Waals surface area contributed by atoms with E-state index in [2.05, 4.69) is 16.6 Å². The lowest BCUT2D eigenvalue weighted by molar-refractivity contribution is 0.0690. The van der Waals surface area contributed by atoms with Crippen LogP contribution in [0.1, 0.15) is 36.2 Å². The Hall–Kier alpha value is -1.69. The van der Waals surface area contributed by atoms with Gasteiger partial charge >= 0.3 is 5.97 Å². The Morgan fingerprint density at radius 2 is 2.14 bits per heavy atom. The van der Waals surface area contributed by atoms with Gasteiger partial charge in [0.05, 0.1) is 0 Å². The summed E-state index contributed by atoms with van der Waals surface area (Å²) in [5.41, 5.74) is 0.852. The largest absolute Gasteiger partial charge is 0.476 e. The summed E-state index contributed by atoms with van der Waals surface area (Å²) in [5, 5.41) is 12.5. The van der Waals surface area contributed by atoms with Crippen LogP contribution in [0.5, 0.6) is 0 Å². The maximum Gasteiger partial charge on any atom is 0.356 e. The number of imidazole rings is 1. The van der Waals surface area contributed by atoms with Crippen LogP contribution in [0.2, 0.25) is 0 Å². The van der Waals surface area contributed by atoms with Gasteiger partial charge in [0.25, 0.3) is 0 Å². The molecule has 0 unspecified atom stereocenters. The molecule has 0 fully saturated rings. The van der Waals surface area contributed by atoms with Crippen molar-refractivity contribution in [3.63, 3.8) is 0 Å². The first-order chi connectivity index (χ1) is 10.2. The van der Waals surface area contributed by atoms with E-state index >= 15 is 0 Å². The molecule has 0 saturated heterocycles. The van der Waals surface area contributed by atoms with E-state index in [0.717, 1.165) is 19.4 Å². The van der Waals surface area contributed by atoms with Gasteiger partial charge < -0.3 is 10.4 Å². The fraction of sp³-hybridized carbons (Fsp3) is 0.467. The second kappa shape index (κ2) is 7.93. The van der Waals surface area contributed by atoms with Gasteiger partial charge in [-0.15, -0.1) is 0 Å². The zero-order valence-corrected chi connectivity index (χ0v) is 13.0. The second-order valence-electron chi connectivity index (χ2n) is 4.88. The Morgan fingerprint density at radius 1 is 1.33 bits per heavy atom. The number of anilines is 1. The first-order valence-electron chi connectivity index (χ1n) is 7.17. The maximum atomic E-state index is 11.4. The number of hydrogen-bond donors (Lipinski definition) is 2. The highest BCUT2D eigenvalue weighted by molar-refractivity contribution is 7.98. The molecule has 0 amide bonds. The predicted octanol–water partition coefficient (Wildman–Crippen LogP) is 3.37. The highest BCUT2D eigenvalue weighted by atomic mass is 32.2. The summed E-state index contributed by atoms with van der Waals surface area (Å²) in [6, 6.07) is 5.46. The lowest BCUT2D eigenvalue weighted by Gasteiger charge is -2.04. The Kier molecular flexibility index (Phi) is 5.92. The summed E-state index contributed by atoms with van der Waals surface area (Å²) < 4.78 is 1.60. The smallest absolute Gasteiger partial charge is 0.356 e. The zero-order chi connectivity index (χ0) is 15.1. The number of nitrogens with one attached hydrogen (secondary N) is 1. The molecule has 2 heterocycles. The average Bonchev–Trinajstić information content (AvgIpc) is 2.84. The molecule has 2 aromatic rings. The van der Waals surface area contributed by atoms with E-state index in [-0.39, 0.29) is 5.69 Å². The van der Waals surface area contributed by atoms with Crippen LogP contribution in [0.3, 0.4) is 0 Å². The molecule has 0 bridgehead atoms. The topological polar surface area (TPSA) is 66.6 Å². The first kappa shape index (κ1) is 15.7. The van der Waals surface area contributed by atoms with Crippen LogP contribution in [0.25, 0.3) is 5.65 Å². The van der Waals surface area contributed by atoms with Crippen LogP contribution in [0, 0.1) is 0 Å². The van der Waals surface area contributed by atoms with Crippen LogP contribution < -0.4 is 5.32 Å². The summed E-state index contributed by atoms with van der Waals surface area (Å²) in [6.45, 7) is 0.753. The molecule has 21 heavy (non-hydrogen) atoms. The number of carboxylic acid groups (broad SMARTS) is 1. The standard InChI is InChI=1S/C15H21N3O2S/c1-21-11-7-3-2-5-9-16-14-13(15(19)20)18-10-6-4-8-12(18)17-14/h4,6,8,10,16H,2-3,5,7,9,11H2,1H3,(H,19,20). The van der Waals surface area contributed by atoms with E-state index < -0.39 is 5.97 Å². The van der Waals surface area contributed by atoms with Crippen LogP contribution in [-0.2, 0) is 0 Å². The summed E-state index contributed by atoms with van der Waals surface area (Å²) >= 11 is 1.88. The molecule has 2 N–H and O–H groups in total. The molecule has 0 aliphatic heterocycles. The van der Waals surface area contributed by atoms with Crippen LogP contribution >= 0.6 is 11.8 Å². The number of fused-ring (bicyclic) bond motifs is 1. The third-order valence-corrected chi connectivity index (χ3v) is 4.00. The van der Waals surface area contributed by atoms with Gasteiger partial charge in [-0.1, -0.05) is 18.9 Å². The molecular weight excluding hydrogens is 286 g/mol. The van der Waals surface area contributed by atoms with Gasteiger partial charge in [-0.3, -0.25) is 4.40 Å². The summed E-state index contributed by atoms with van der Waals surface area (Å²) in [6.07, 6.45) is 8.50. The van der Waals surface area contributed by atoms with E-state index in [9.17, 15) is 9.90 Å². The van der Waals surface area contributed by atoms with Crippen molar-refractivity contribution in [1.82, 2.24) is 9.38 Å². The van der Waals surface area contributed by atoms with Crippen molar-refractivity contribution in [2.75, 3.05) is 23.9 Å². The molecule has 0 radical (unpaired) electrons. The van der Waals surface area contributed by atoms with E-state index in [1.54, 1.807) is 22.7 Å². The molecule has 6 heteroatoms. The van der Waals surface area contributed by atoms with Crippen molar-refractivity contribution in [3.8, 4) is 0 Å². The van der Waals surface area contributed by atoms with Gasteiger partial charge in [0.2, 0.25) is 0 Å².